The first-order valence-electron chi connectivity index (χ1n) is 3.64. The first kappa shape index (κ1) is 8.42. The van der Waals surface area contributed by atoms with E-state index < -0.39 is 22.1 Å². The van der Waals surface area contributed by atoms with Crippen molar-refractivity contribution in [2.45, 2.75) is 0 Å². The van der Waals surface area contributed by atoms with Crippen LogP contribution in [0.3, 0.4) is 0 Å². The highest BCUT2D eigenvalue weighted by Crippen LogP contribution is 2.21. The Hall–Kier alpha value is -2.18. The second-order valence-corrected chi connectivity index (χ2v) is 2.69. The van der Waals surface area contributed by atoms with E-state index in [0.29, 0.717) is 0 Å². The molecule has 0 aliphatic rings. The van der Waals surface area contributed by atoms with Crippen LogP contribution in [0.2, 0.25) is 0 Å². The molecule has 0 spiro atoms. The molecule has 0 bridgehead atoms. The summed E-state index contributed by atoms with van der Waals surface area (Å²) >= 11 is 0. The normalized spacial score (nSPS) is 10.6. The largest absolute Gasteiger partial charge is 0.323 e. The molecule has 2 aromatic rings. The monoisotopic (exact) mass is 197 g/mol. The molecule has 1 aromatic heterocycles. The quantitative estimate of drug-likeness (QED) is 0.525. The average molecular weight is 197 g/mol. The maximum Gasteiger partial charge on any atom is 0.323 e. The summed E-state index contributed by atoms with van der Waals surface area (Å²) in [6.45, 7) is 0. The summed E-state index contributed by atoms with van der Waals surface area (Å²) < 4.78 is 13.0. The first-order chi connectivity index (χ1) is 6.58. The van der Waals surface area contributed by atoms with Crippen LogP contribution in [-0.4, -0.2) is 14.9 Å². The Morgan fingerprint density at radius 2 is 1.86 bits per heavy atom. The number of nitrogens with zero attached hydrogens (tertiary/aromatic N) is 1. The van der Waals surface area contributed by atoms with Gasteiger partial charge < -0.3 is 9.97 Å². The lowest BCUT2D eigenvalue weighted by molar-refractivity contribution is -0.387. The van der Waals surface area contributed by atoms with E-state index in [1.54, 1.807) is 0 Å². The molecule has 0 unspecified atom stereocenters. The van der Waals surface area contributed by atoms with Gasteiger partial charge in [0.15, 0.2) is 0 Å². The van der Waals surface area contributed by atoms with Crippen molar-refractivity contribution in [1.82, 2.24) is 9.97 Å². The van der Waals surface area contributed by atoms with Gasteiger partial charge in [0.05, 0.1) is 16.0 Å². The smallest absolute Gasteiger partial charge is 0.306 e. The Labute approximate surface area is 75.5 Å². The second-order valence-electron chi connectivity index (χ2n) is 2.69. The van der Waals surface area contributed by atoms with E-state index in [1.165, 1.54) is 0 Å². The zero-order chi connectivity index (χ0) is 10.3. The predicted octanol–water partition coefficient (Wildman–Crippen LogP) is 0.903. The number of aromatic nitrogens is 2. The van der Waals surface area contributed by atoms with Gasteiger partial charge in [-0.15, -0.1) is 0 Å². The summed E-state index contributed by atoms with van der Waals surface area (Å²) in [5.41, 5.74) is -0.770. The van der Waals surface area contributed by atoms with E-state index in [2.05, 4.69) is 9.97 Å². The van der Waals surface area contributed by atoms with Crippen LogP contribution in [0, 0.1) is 15.9 Å². The van der Waals surface area contributed by atoms with Crippen LogP contribution in [0.4, 0.5) is 10.1 Å². The van der Waals surface area contributed by atoms with Crippen LogP contribution in [0.5, 0.6) is 0 Å². The Kier molecular flexibility index (Phi) is 1.60. The lowest BCUT2D eigenvalue weighted by Gasteiger charge is -1.93. The number of rotatable bonds is 1. The van der Waals surface area contributed by atoms with Gasteiger partial charge in [0, 0.05) is 12.1 Å². The minimum absolute atomic E-state index is 0.207. The fourth-order valence-electron chi connectivity index (χ4n) is 1.18. The third-order valence-electron chi connectivity index (χ3n) is 1.78. The van der Waals surface area contributed by atoms with Gasteiger partial charge >= 0.3 is 11.4 Å². The Morgan fingerprint density at radius 1 is 1.29 bits per heavy atom. The molecule has 0 aliphatic carbocycles. The van der Waals surface area contributed by atoms with Crippen molar-refractivity contribution in [3.8, 4) is 0 Å². The highest BCUT2D eigenvalue weighted by molar-refractivity contribution is 5.77. The molecular formula is C7H4FN3O3. The molecule has 0 saturated heterocycles. The van der Waals surface area contributed by atoms with Crippen molar-refractivity contribution in [2.24, 2.45) is 0 Å². The summed E-state index contributed by atoms with van der Waals surface area (Å²) in [7, 11) is 0. The van der Waals surface area contributed by atoms with E-state index in [-0.39, 0.29) is 11.0 Å². The lowest BCUT2D eigenvalue weighted by atomic mass is 10.2. The molecule has 7 heteroatoms. The number of nitro benzene ring substituents is 1. The highest BCUT2D eigenvalue weighted by Gasteiger charge is 2.15. The van der Waals surface area contributed by atoms with Crippen molar-refractivity contribution >= 4 is 16.7 Å². The van der Waals surface area contributed by atoms with Crippen molar-refractivity contribution in [2.75, 3.05) is 0 Å². The summed E-state index contributed by atoms with van der Waals surface area (Å²) in [5, 5.41) is 10.3. The van der Waals surface area contributed by atoms with Gasteiger partial charge in [0.2, 0.25) is 5.82 Å². The molecule has 72 valence electrons. The summed E-state index contributed by atoms with van der Waals surface area (Å²) in [6, 6.07) is 1.88. The minimum Gasteiger partial charge on any atom is -0.306 e. The van der Waals surface area contributed by atoms with Crippen LogP contribution >= 0.6 is 0 Å². The van der Waals surface area contributed by atoms with Crippen molar-refractivity contribution < 1.29 is 9.31 Å². The molecule has 2 N–H and O–H groups in total. The Bertz CT molecular complexity index is 571. The van der Waals surface area contributed by atoms with E-state index in [1.807, 2.05) is 0 Å². The number of H-pyrrole nitrogens is 2. The van der Waals surface area contributed by atoms with Crippen molar-refractivity contribution in [1.29, 1.82) is 0 Å². The topological polar surface area (TPSA) is 91.8 Å². The number of nitro groups is 1. The predicted molar refractivity (Wildman–Crippen MR) is 45.5 cm³/mol. The van der Waals surface area contributed by atoms with E-state index >= 15 is 0 Å². The molecule has 0 atom stereocenters. The highest BCUT2D eigenvalue weighted by atomic mass is 19.1. The Balaban J connectivity index is 2.82. The molecular weight excluding hydrogens is 193 g/mol. The van der Waals surface area contributed by atoms with Gasteiger partial charge in [-0.05, 0) is 0 Å². The standard InChI is InChI=1S/C7H4FN3O3/c8-3-1-4-5(10-7(12)9-4)2-6(3)11(13)14/h1-2H,(H2,9,10,12). The lowest BCUT2D eigenvalue weighted by Crippen LogP contribution is -1.99. The fourth-order valence-corrected chi connectivity index (χ4v) is 1.18. The zero-order valence-electron chi connectivity index (χ0n) is 6.70. The number of imidazole rings is 1. The summed E-state index contributed by atoms with van der Waals surface area (Å²) in [5.74, 6) is -0.974. The summed E-state index contributed by atoms with van der Waals surface area (Å²) in [6.07, 6.45) is 0. The van der Waals surface area contributed by atoms with E-state index in [9.17, 15) is 19.3 Å². The fraction of sp³-hybridized carbons (Fsp3) is 0. The molecule has 6 nitrogen and oxygen atoms in total. The van der Waals surface area contributed by atoms with Crippen LogP contribution in [0.15, 0.2) is 16.9 Å². The number of halogens is 1. The molecule has 0 aliphatic heterocycles. The number of nitrogens with one attached hydrogen (secondary N) is 2. The van der Waals surface area contributed by atoms with Gasteiger partial charge in [-0.3, -0.25) is 10.1 Å². The number of hydrogen-bond donors (Lipinski definition) is 2. The van der Waals surface area contributed by atoms with E-state index in [4.69, 9.17) is 0 Å². The number of benzene rings is 1. The van der Waals surface area contributed by atoms with Crippen LogP contribution in [-0.2, 0) is 0 Å². The first-order valence-corrected chi connectivity index (χ1v) is 3.64. The molecule has 2 rings (SSSR count). The SMILES string of the molecule is O=c1[nH]c2cc(F)c([N+](=O)[O-])cc2[nH]1. The van der Waals surface area contributed by atoms with Gasteiger partial charge in [-0.1, -0.05) is 0 Å². The average Bonchev–Trinajstić information content (AvgIpc) is 2.42. The van der Waals surface area contributed by atoms with E-state index in [0.717, 1.165) is 12.1 Å². The van der Waals surface area contributed by atoms with Crippen molar-refractivity contribution in [3.05, 3.63) is 38.5 Å². The van der Waals surface area contributed by atoms with Crippen LogP contribution in [0.25, 0.3) is 11.0 Å². The van der Waals surface area contributed by atoms with Crippen molar-refractivity contribution in [3.63, 3.8) is 0 Å². The van der Waals surface area contributed by atoms with Gasteiger partial charge in [0.25, 0.3) is 0 Å². The third-order valence-corrected chi connectivity index (χ3v) is 1.78. The Morgan fingerprint density at radius 3 is 2.43 bits per heavy atom. The third kappa shape index (κ3) is 1.15. The molecule has 1 heterocycles. The summed E-state index contributed by atoms with van der Waals surface area (Å²) in [4.78, 5) is 24.9. The second kappa shape index (κ2) is 2.66. The minimum atomic E-state index is -0.974. The number of hydrogen-bond acceptors (Lipinski definition) is 3. The van der Waals surface area contributed by atoms with Gasteiger partial charge in [-0.25, -0.2) is 4.79 Å². The number of fused-ring (bicyclic) bond motifs is 1. The molecule has 0 radical (unpaired) electrons. The molecule has 0 fully saturated rings. The maximum absolute atomic E-state index is 13.0. The maximum atomic E-state index is 13.0. The molecule has 0 saturated carbocycles. The van der Waals surface area contributed by atoms with Crippen LogP contribution in [0.1, 0.15) is 0 Å². The van der Waals surface area contributed by atoms with Crippen LogP contribution < -0.4 is 5.69 Å². The molecule has 14 heavy (non-hydrogen) atoms. The van der Waals surface area contributed by atoms with Gasteiger partial charge in [-0.2, -0.15) is 4.39 Å². The number of aromatic amines is 2. The van der Waals surface area contributed by atoms with Gasteiger partial charge in [0.1, 0.15) is 0 Å². The zero-order valence-corrected chi connectivity index (χ0v) is 6.70. The molecule has 1 aromatic carbocycles. The molecule has 0 amide bonds.